The lowest BCUT2D eigenvalue weighted by atomic mass is 9.66. The first kappa shape index (κ1) is 35.7. The third-order valence-corrected chi connectivity index (χ3v) is 12.4. The van der Waals surface area contributed by atoms with Crippen LogP contribution in [-0.4, -0.2) is 15.0 Å². The number of hydrogen-bond acceptors (Lipinski definition) is 4. The highest BCUT2D eigenvalue weighted by molar-refractivity contribution is 6.06. The van der Waals surface area contributed by atoms with Gasteiger partial charge in [-0.3, -0.25) is 0 Å². The molecule has 2 heterocycles. The second-order valence-corrected chi connectivity index (χ2v) is 15.9. The Morgan fingerprint density at radius 1 is 0.290 bits per heavy atom. The molecular weight excluding hydrogens is 755 g/mol. The minimum absolute atomic E-state index is 0.589. The summed E-state index contributed by atoms with van der Waals surface area (Å²) >= 11 is 0. The van der Waals surface area contributed by atoms with Gasteiger partial charge in [-0.25, -0.2) is 15.0 Å². The Labute approximate surface area is 359 Å². The summed E-state index contributed by atoms with van der Waals surface area (Å²) in [4.78, 5) is 14.9. The Morgan fingerprint density at radius 3 is 1.29 bits per heavy atom. The molecule has 290 valence electrons. The van der Waals surface area contributed by atoms with E-state index in [2.05, 4.69) is 164 Å². The Morgan fingerprint density at radius 2 is 0.758 bits per heavy atom. The smallest absolute Gasteiger partial charge is 0.164 e. The Kier molecular flexibility index (Phi) is 8.36. The summed E-state index contributed by atoms with van der Waals surface area (Å²) in [5.74, 6) is 1.84. The van der Waals surface area contributed by atoms with Gasteiger partial charge in [0.25, 0.3) is 0 Å². The molecular formula is C58H37N3O. The highest BCUT2D eigenvalue weighted by Crippen LogP contribution is 2.57. The lowest BCUT2D eigenvalue weighted by molar-refractivity contribution is 0.668. The van der Waals surface area contributed by atoms with Crippen LogP contribution in [0.5, 0.6) is 0 Å². The van der Waals surface area contributed by atoms with Crippen LogP contribution in [0.25, 0.3) is 89.5 Å². The van der Waals surface area contributed by atoms with Gasteiger partial charge in [0.1, 0.15) is 11.2 Å². The Bertz CT molecular complexity index is 3290. The van der Waals surface area contributed by atoms with E-state index >= 15 is 0 Å². The van der Waals surface area contributed by atoms with E-state index in [9.17, 15) is 0 Å². The lowest BCUT2D eigenvalue weighted by Crippen LogP contribution is -2.28. The van der Waals surface area contributed by atoms with E-state index in [1.807, 2.05) is 60.7 Å². The van der Waals surface area contributed by atoms with E-state index in [0.29, 0.717) is 17.5 Å². The van der Waals surface area contributed by atoms with Gasteiger partial charge in [-0.1, -0.05) is 182 Å². The number of fused-ring (bicyclic) bond motifs is 6. The molecule has 4 heteroatoms. The molecule has 1 aliphatic carbocycles. The summed E-state index contributed by atoms with van der Waals surface area (Å²) in [5, 5.41) is 2.09. The average molecular weight is 792 g/mol. The van der Waals surface area contributed by atoms with Gasteiger partial charge in [0.2, 0.25) is 0 Å². The molecule has 0 bridgehead atoms. The Balaban J connectivity index is 1.07. The molecule has 0 atom stereocenters. The van der Waals surface area contributed by atoms with Crippen molar-refractivity contribution < 1.29 is 4.42 Å². The fraction of sp³-hybridized carbons (Fsp3) is 0.0172. The van der Waals surface area contributed by atoms with Crippen LogP contribution in [0.2, 0.25) is 0 Å². The third kappa shape index (κ3) is 5.80. The van der Waals surface area contributed by atoms with Crippen molar-refractivity contribution >= 4 is 21.9 Å². The second kappa shape index (κ2) is 14.5. The largest absolute Gasteiger partial charge is 0.456 e. The van der Waals surface area contributed by atoms with Crippen molar-refractivity contribution in [2.45, 2.75) is 5.41 Å². The zero-order chi connectivity index (χ0) is 41.0. The third-order valence-electron chi connectivity index (χ3n) is 12.4. The summed E-state index contributed by atoms with van der Waals surface area (Å²) < 4.78 is 6.72. The van der Waals surface area contributed by atoms with Crippen molar-refractivity contribution in [3.8, 4) is 67.5 Å². The molecule has 0 aliphatic heterocycles. The lowest BCUT2D eigenvalue weighted by Gasteiger charge is -2.34. The van der Waals surface area contributed by atoms with Crippen LogP contribution in [0.1, 0.15) is 22.3 Å². The van der Waals surface area contributed by atoms with Gasteiger partial charge in [0.05, 0.1) is 5.41 Å². The number of aromatic nitrogens is 3. The number of hydrogen-bond donors (Lipinski definition) is 0. The quantitative estimate of drug-likeness (QED) is 0.161. The monoisotopic (exact) mass is 791 g/mol. The molecule has 4 nitrogen and oxygen atoms in total. The molecule has 0 amide bonds. The zero-order valence-electron chi connectivity index (χ0n) is 33.6. The van der Waals surface area contributed by atoms with Crippen LogP contribution in [0.15, 0.2) is 229 Å². The standard InChI is InChI=1S/C58H37N3O/c1-5-17-38(18-6-1)43-33-44(39-19-7-2-8-20-39)35-46(34-43)58(51-27-15-13-25-47(51)48-26-14-16-28-52(48)58)45-30-32-53-50(37-45)49-31-29-42(36-54(49)62-53)57-60-55(40-21-9-3-10-22-40)59-56(61-57)41-23-11-4-12-24-41/h1-37H. The molecule has 0 radical (unpaired) electrons. The molecule has 1 aliphatic rings. The number of furan rings is 1. The fourth-order valence-electron chi connectivity index (χ4n) is 9.55. The minimum Gasteiger partial charge on any atom is -0.456 e. The van der Waals surface area contributed by atoms with Crippen molar-refractivity contribution in [3.63, 3.8) is 0 Å². The number of nitrogens with zero attached hydrogens (tertiary/aromatic N) is 3. The van der Waals surface area contributed by atoms with Crippen molar-refractivity contribution in [1.29, 1.82) is 0 Å². The zero-order valence-corrected chi connectivity index (χ0v) is 33.6. The molecule has 0 spiro atoms. The Hall–Kier alpha value is -8.21. The topological polar surface area (TPSA) is 51.8 Å². The number of benzene rings is 9. The van der Waals surface area contributed by atoms with E-state index in [1.165, 1.54) is 55.6 Å². The summed E-state index contributed by atoms with van der Waals surface area (Å²) in [5.41, 5.74) is 15.8. The molecule has 2 aromatic heterocycles. The molecule has 9 aromatic carbocycles. The second-order valence-electron chi connectivity index (χ2n) is 15.9. The predicted octanol–water partition coefficient (Wildman–Crippen LogP) is 14.5. The predicted molar refractivity (Wildman–Crippen MR) is 252 cm³/mol. The molecule has 0 saturated carbocycles. The highest BCUT2D eigenvalue weighted by atomic mass is 16.3. The molecule has 0 fully saturated rings. The molecule has 12 rings (SSSR count). The first-order chi connectivity index (χ1) is 30.7. The average Bonchev–Trinajstić information content (AvgIpc) is 3.88. The van der Waals surface area contributed by atoms with E-state index < -0.39 is 5.41 Å². The summed E-state index contributed by atoms with van der Waals surface area (Å²) in [6.45, 7) is 0. The first-order valence-corrected chi connectivity index (χ1v) is 21.0. The van der Waals surface area contributed by atoms with E-state index in [0.717, 1.165) is 38.6 Å². The summed E-state index contributed by atoms with van der Waals surface area (Å²) in [6.07, 6.45) is 0. The van der Waals surface area contributed by atoms with Crippen LogP contribution in [0.3, 0.4) is 0 Å². The van der Waals surface area contributed by atoms with Gasteiger partial charge in [-0.2, -0.15) is 0 Å². The molecule has 0 unspecified atom stereocenters. The summed E-state index contributed by atoms with van der Waals surface area (Å²) in [6, 6.07) is 79.7. The number of rotatable bonds is 7. The fourth-order valence-corrected chi connectivity index (χ4v) is 9.55. The SMILES string of the molecule is c1ccc(-c2cc(-c3ccccc3)cc(C3(c4ccc5oc6cc(-c7nc(-c8ccccc8)nc(-c8ccccc8)n7)ccc6c5c4)c4ccccc4-c4ccccc43)c2)cc1. The van der Waals surface area contributed by atoms with Crippen LogP contribution in [0, 0.1) is 0 Å². The van der Waals surface area contributed by atoms with Crippen LogP contribution in [0.4, 0.5) is 0 Å². The van der Waals surface area contributed by atoms with Crippen LogP contribution in [-0.2, 0) is 5.41 Å². The first-order valence-electron chi connectivity index (χ1n) is 21.0. The highest BCUT2D eigenvalue weighted by Gasteiger charge is 2.46. The maximum Gasteiger partial charge on any atom is 0.164 e. The molecule has 62 heavy (non-hydrogen) atoms. The van der Waals surface area contributed by atoms with E-state index in [1.54, 1.807) is 0 Å². The van der Waals surface area contributed by atoms with Gasteiger partial charge < -0.3 is 4.42 Å². The van der Waals surface area contributed by atoms with E-state index in [4.69, 9.17) is 19.4 Å². The molecule has 11 aromatic rings. The van der Waals surface area contributed by atoms with Gasteiger partial charge in [0, 0.05) is 27.5 Å². The van der Waals surface area contributed by atoms with Crippen LogP contribution < -0.4 is 0 Å². The van der Waals surface area contributed by atoms with Gasteiger partial charge in [-0.05, 0) is 98.1 Å². The van der Waals surface area contributed by atoms with Gasteiger partial charge in [-0.15, -0.1) is 0 Å². The van der Waals surface area contributed by atoms with Crippen molar-refractivity contribution in [1.82, 2.24) is 15.0 Å². The minimum atomic E-state index is -0.633. The molecule has 0 saturated heterocycles. The normalized spacial score (nSPS) is 12.6. The van der Waals surface area contributed by atoms with Crippen molar-refractivity contribution in [2.75, 3.05) is 0 Å². The maximum absolute atomic E-state index is 6.72. The van der Waals surface area contributed by atoms with Crippen molar-refractivity contribution in [2.24, 2.45) is 0 Å². The summed E-state index contributed by atoms with van der Waals surface area (Å²) in [7, 11) is 0. The van der Waals surface area contributed by atoms with Gasteiger partial charge >= 0.3 is 0 Å². The maximum atomic E-state index is 6.72. The van der Waals surface area contributed by atoms with Gasteiger partial charge in [0.15, 0.2) is 17.5 Å². The van der Waals surface area contributed by atoms with E-state index in [-0.39, 0.29) is 0 Å². The van der Waals surface area contributed by atoms with Crippen molar-refractivity contribution in [3.05, 3.63) is 247 Å². The van der Waals surface area contributed by atoms with Crippen LogP contribution >= 0.6 is 0 Å². The molecule has 0 N–H and O–H groups in total.